The van der Waals surface area contributed by atoms with Crippen molar-refractivity contribution in [3.8, 4) is 0 Å². The number of carbonyl (C=O) groups excluding carboxylic acids is 2. The summed E-state index contributed by atoms with van der Waals surface area (Å²) >= 11 is 0. The monoisotopic (exact) mass is 293 g/mol. The van der Waals surface area contributed by atoms with Gasteiger partial charge in [-0.2, -0.15) is 0 Å². The van der Waals surface area contributed by atoms with E-state index in [0.29, 0.717) is 12.1 Å². The molecule has 0 aliphatic heterocycles. The van der Waals surface area contributed by atoms with Crippen LogP contribution in [0.15, 0.2) is 30.3 Å². The van der Waals surface area contributed by atoms with Gasteiger partial charge in [0.25, 0.3) is 0 Å². The van der Waals surface area contributed by atoms with Crippen molar-refractivity contribution >= 4 is 17.9 Å². The van der Waals surface area contributed by atoms with Gasteiger partial charge in [0, 0.05) is 6.54 Å². The third-order valence-corrected chi connectivity index (χ3v) is 2.64. The fraction of sp³-hybridized carbons (Fsp3) is 0.357. The second-order valence-corrected chi connectivity index (χ2v) is 4.36. The molecule has 1 atom stereocenters. The molecule has 4 N–H and O–H groups in total. The second kappa shape index (κ2) is 8.57. The molecule has 114 valence electrons. The van der Waals surface area contributed by atoms with Crippen LogP contribution in [0.5, 0.6) is 0 Å². The number of nitrogens with one attached hydrogen (secondary N) is 3. The summed E-state index contributed by atoms with van der Waals surface area (Å²) in [6.07, 6.45) is 0.799. The van der Waals surface area contributed by atoms with Crippen molar-refractivity contribution in [1.82, 2.24) is 16.0 Å². The van der Waals surface area contributed by atoms with Crippen LogP contribution in [0.3, 0.4) is 0 Å². The Kier molecular flexibility index (Phi) is 6.73. The lowest BCUT2D eigenvalue weighted by Gasteiger charge is -2.15. The van der Waals surface area contributed by atoms with Crippen LogP contribution in [0, 0.1) is 0 Å². The van der Waals surface area contributed by atoms with Crippen molar-refractivity contribution < 1.29 is 19.5 Å². The van der Waals surface area contributed by atoms with Gasteiger partial charge in [-0.15, -0.1) is 0 Å². The highest BCUT2D eigenvalue weighted by molar-refractivity contribution is 5.87. The summed E-state index contributed by atoms with van der Waals surface area (Å²) in [4.78, 5) is 34.2. The molecule has 0 bridgehead atoms. The Balaban J connectivity index is 2.51. The number of hydrogen-bond acceptors (Lipinski definition) is 3. The normalized spacial score (nSPS) is 11.3. The summed E-state index contributed by atoms with van der Waals surface area (Å²) < 4.78 is 0. The number of benzene rings is 1. The minimum Gasteiger partial charge on any atom is -0.479 e. The Morgan fingerprint density at radius 2 is 1.81 bits per heavy atom. The largest absolute Gasteiger partial charge is 0.479 e. The summed E-state index contributed by atoms with van der Waals surface area (Å²) in [7, 11) is 0. The molecule has 0 unspecified atom stereocenters. The maximum atomic E-state index is 11.6. The minimum absolute atomic E-state index is 0.201. The summed E-state index contributed by atoms with van der Waals surface area (Å²) in [5, 5.41) is 16.4. The van der Waals surface area contributed by atoms with Gasteiger partial charge in [0.05, 0.1) is 6.54 Å². The zero-order valence-corrected chi connectivity index (χ0v) is 11.8. The van der Waals surface area contributed by atoms with Crippen LogP contribution < -0.4 is 16.0 Å². The summed E-state index contributed by atoms with van der Waals surface area (Å²) in [5.74, 6) is -1.50. The van der Waals surface area contributed by atoms with E-state index in [0.717, 1.165) is 6.42 Å². The first-order valence-corrected chi connectivity index (χ1v) is 6.63. The summed E-state index contributed by atoms with van der Waals surface area (Å²) in [6, 6.07) is 6.45. The van der Waals surface area contributed by atoms with E-state index in [1.165, 1.54) is 0 Å². The molecule has 0 aromatic heterocycles. The SMILES string of the molecule is CCCNC(=O)CNC(=O)N[C@H](C(=O)O)c1ccccc1. The second-order valence-electron chi connectivity index (χ2n) is 4.36. The molecule has 3 amide bonds. The first-order chi connectivity index (χ1) is 10.0. The van der Waals surface area contributed by atoms with Gasteiger partial charge in [0.15, 0.2) is 6.04 Å². The number of amides is 3. The van der Waals surface area contributed by atoms with Gasteiger partial charge in [-0.05, 0) is 12.0 Å². The summed E-state index contributed by atoms with van der Waals surface area (Å²) in [5.41, 5.74) is 0.454. The predicted molar refractivity (Wildman–Crippen MR) is 76.7 cm³/mol. The molecule has 0 spiro atoms. The fourth-order valence-corrected chi connectivity index (χ4v) is 1.60. The first kappa shape index (κ1) is 16.5. The maximum Gasteiger partial charge on any atom is 0.330 e. The highest BCUT2D eigenvalue weighted by atomic mass is 16.4. The third-order valence-electron chi connectivity index (χ3n) is 2.64. The Hall–Kier alpha value is -2.57. The highest BCUT2D eigenvalue weighted by Crippen LogP contribution is 2.12. The van der Waals surface area contributed by atoms with E-state index in [1.807, 2.05) is 6.92 Å². The quantitative estimate of drug-likeness (QED) is 0.591. The van der Waals surface area contributed by atoms with Crippen molar-refractivity contribution in [3.63, 3.8) is 0 Å². The number of carboxylic acids is 1. The van der Waals surface area contributed by atoms with Crippen molar-refractivity contribution in [3.05, 3.63) is 35.9 Å². The van der Waals surface area contributed by atoms with E-state index in [2.05, 4.69) is 16.0 Å². The van der Waals surface area contributed by atoms with Gasteiger partial charge in [-0.25, -0.2) is 9.59 Å². The van der Waals surface area contributed by atoms with E-state index in [4.69, 9.17) is 5.11 Å². The number of urea groups is 1. The standard InChI is InChI=1S/C14H19N3O4/c1-2-8-15-11(18)9-16-14(21)17-12(13(19)20)10-6-4-3-5-7-10/h3-7,12H,2,8-9H2,1H3,(H,15,18)(H,19,20)(H2,16,17,21)/t12-/m0/s1. The summed E-state index contributed by atoms with van der Waals surface area (Å²) in [6.45, 7) is 2.24. The highest BCUT2D eigenvalue weighted by Gasteiger charge is 2.21. The molecule has 0 fully saturated rings. The molecule has 1 aromatic rings. The molecule has 21 heavy (non-hydrogen) atoms. The van der Waals surface area contributed by atoms with Gasteiger partial charge in [-0.3, -0.25) is 4.79 Å². The van der Waals surface area contributed by atoms with E-state index in [-0.39, 0.29) is 12.5 Å². The predicted octanol–water partition coefficient (Wildman–Crippen LogP) is 0.638. The van der Waals surface area contributed by atoms with Crippen LogP contribution in [0.25, 0.3) is 0 Å². The van der Waals surface area contributed by atoms with Gasteiger partial charge >= 0.3 is 12.0 Å². The molecule has 1 rings (SSSR count). The number of carboxylic acid groups (broad SMARTS) is 1. The van der Waals surface area contributed by atoms with Crippen LogP contribution in [0.1, 0.15) is 24.9 Å². The molecule has 0 aliphatic carbocycles. The zero-order valence-electron chi connectivity index (χ0n) is 11.8. The van der Waals surface area contributed by atoms with Gasteiger partial charge in [-0.1, -0.05) is 37.3 Å². The smallest absolute Gasteiger partial charge is 0.330 e. The number of rotatable bonds is 7. The average Bonchev–Trinajstić information content (AvgIpc) is 2.49. The Morgan fingerprint density at radius 3 is 2.38 bits per heavy atom. The molecular formula is C14H19N3O4. The van der Waals surface area contributed by atoms with Gasteiger partial charge < -0.3 is 21.1 Å². The molecular weight excluding hydrogens is 274 g/mol. The zero-order chi connectivity index (χ0) is 15.7. The topological polar surface area (TPSA) is 108 Å². The van der Waals surface area contributed by atoms with Crippen LogP contribution >= 0.6 is 0 Å². The number of carbonyl (C=O) groups is 3. The minimum atomic E-state index is -1.17. The van der Waals surface area contributed by atoms with Gasteiger partial charge in [0.1, 0.15) is 0 Å². The average molecular weight is 293 g/mol. The lowest BCUT2D eigenvalue weighted by molar-refractivity contribution is -0.139. The van der Waals surface area contributed by atoms with Gasteiger partial charge in [0.2, 0.25) is 5.91 Å². The van der Waals surface area contributed by atoms with Crippen molar-refractivity contribution in [2.24, 2.45) is 0 Å². The van der Waals surface area contributed by atoms with Crippen LogP contribution in [-0.4, -0.2) is 36.1 Å². The maximum absolute atomic E-state index is 11.6. The molecule has 0 radical (unpaired) electrons. The van der Waals surface area contributed by atoms with Crippen molar-refractivity contribution in [2.45, 2.75) is 19.4 Å². The molecule has 7 heteroatoms. The molecule has 1 aromatic carbocycles. The molecule has 0 heterocycles. The van der Waals surface area contributed by atoms with Crippen molar-refractivity contribution in [2.75, 3.05) is 13.1 Å². The molecule has 7 nitrogen and oxygen atoms in total. The van der Waals surface area contributed by atoms with E-state index in [9.17, 15) is 14.4 Å². The van der Waals surface area contributed by atoms with Crippen LogP contribution in [-0.2, 0) is 9.59 Å². The lowest BCUT2D eigenvalue weighted by atomic mass is 10.1. The fourth-order valence-electron chi connectivity index (χ4n) is 1.60. The number of hydrogen-bond donors (Lipinski definition) is 4. The molecule has 0 saturated carbocycles. The Bertz CT molecular complexity index is 490. The van der Waals surface area contributed by atoms with Crippen molar-refractivity contribution in [1.29, 1.82) is 0 Å². The molecule has 0 aliphatic rings. The Labute approximate surface area is 122 Å². The van der Waals surface area contributed by atoms with Crippen LogP contribution in [0.2, 0.25) is 0 Å². The third kappa shape index (κ3) is 5.94. The van der Waals surface area contributed by atoms with E-state index >= 15 is 0 Å². The van der Waals surface area contributed by atoms with E-state index in [1.54, 1.807) is 30.3 Å². The Morgan fingerprint density at radius 1 is 1.14 bits per heavy atom. The molecule has 0 saturated heterocycles. The van der Waals surface area contributed by atoms with Crippen LogP contribution in [0.4, 0.5) is 4.79 Å². The lowest BCUT2D eigenvalue weighted by Crippen LogP contribution is -2.44. The van der Waals surface area contributed by atoms with E-state index < -0.39 is 18.0 Å². The number of aliphatic carboxylic acids is 1. The first-order valence-electron chi connectivity index (χ1n) is 6.63.